The number of allylic oxidation sites excluding steroid dienone is 1. The molecule has 1 atom stereocenters. The fraction of sp³-hybridized carbons (Fsp3) is 0.176. The molecule has 0 fully saturated rings. The zero-order valence-corrected chi connectivity index (χ0v) is 22.5. The molecular formula is C34H33N3O3. The van der Waals surface area contributed by atoms with Gasteiger partial charge in [0, 0.05) is 18.8 Å². The molecule has 6 heteroatoms. The monoisotopic (exact) mass is 531 g/mol. The van der Waals surface area contributed by atoms with E-state index in [4.69, 9.17) is 4.74 Å². The minimum absolute atomic E-state index is 0.0434. The second-order valence-electron chi connectivity index (χ2n) is 9.71. The van der Waals surface area contributed by atoms with E-state index < -0.39 is 0 Å². The lowest BCUT2D eigenvalue weighted by atomic mass is 9.92. The molecule has 40 heavy (non-hydrogen) atoms. The van der Waals surface area contributed by atoms with Crippen molar-refractivity contribution in [2.45, 2.75) is 25.5 Å². The van der Waals surface area contributed by atoms with Crippen molar-refractivity contribution in [3.05, 3.63) is 161 Å². The summed E-state index contributed by atoms with van der Waals surface area (Å²) in [5, 5.41) is 2.12. The van der Waals surface area contributed by atoms with Gasteiger partial charge in [-0.2, -0.15) is 0 Å². The maximum Gasteiger partial charge on any atom is 0.278 e. The van der Waals surface area contributed by atoms with E-state index in [2.05, 4.69) is 42.4 Å². The van der Waals surface area contributed by atoms with Gasteiger partial charge in [0.15, 0.2) is 11.4 Å². The molecule has 202 valence electrons. The topological polar surface area (TPSA) is 54.8 Å². The molecular weight excluding hydrogens is 498 g/mol. The Kier molecular flexibility index (Phi) is 8.26. The molecule has 0 bridgehead atoms. The average Bonchev–Trinajstić information content (AvgIpc) is 2.99. The Morgan fingerprint density at radius 3 is 2.27 bits per heavy atom. The summed E-state index contributed by atoms with van der Waals surface area (Å²) in [5.41, 5.74) is 4.18. The van der Waals surface area contributed by atoms with E-state index in [9.17, 15) is 9.59 Å². The van der Waals surface area contributed by atoms with Gasteiger partial charge in [0.25, 0.3) is 5.91 Å². The number of aryl methyl sites for hydroxylation is 1. The van der Waals surface area contributed by atoms with Gasteiger partial charge in [0.1, 0.15) is 13.3 Å². The third-order valence-corrected chi connectivity index (χ3v) is 7.07. The van der Waals surface area contributed by atoms with Gasteiger partial charge in [-0.05, 0) is 35.1 Å². The summed E-state index contributed by atoms with van der Waals surface area (Å²) >= 11 is 0. The number of amides is 1. The fourth-order valence-electron chi connectivity index (χ4n) is 5.18. The first-order valence-corrected chi connectivity index (χ1v) is 13.5. The highest BCUT2D eigenvalue weighted by atomic mass is 16.5. The minimum atomic E-state index is -0.335. The number of fused-ring (bicyclic) bond motifs is 1. The van der Waals surface area contributed by atoms with Crippen LogP contribution in [0.25, 0.3) is 0 Å². The van der Waals surface area contributed by atoms with E-state index in [1.54, 1.807) is 21.8 Å². The summed E-state index contributed by atoms with van der Waals surface area (Å²) in [7, 11) is 0. The molecule has 1 aliphatic heterocycles. The summed E-state index contributed by atoms with van der Waals surface area (Å²) in [6.07, 6.45) is 7.00. The smallest absolute Gasteiger partial charge is 0.278 e. The molecule has 1 amide bonds. The number of aromatic nitrogens is 1. The van der Waals surface area contributed by atoms with Gasteiger partial charge in [-0.25, -0.2) is 0 Å². The van der Waals surface area contributed by atoms with Crippen LogP contribution in [0.15, 0.2) is 127 Å². The van der Waals surface area contributed by atoms with Gasteiger partial charge in [-0.15, -0.1) is 13.2 Å². The van der Waals surface area contributed by atoms with Crippen molar-refractivity contribution in [2.75, 3.05) is 18.2 Å². The summed E-state index contributed by atoms with van der Waals surface area (Å²) in [6, 6.07) is 29.4. The quantitative estimate of drug-likeness (QED) is 0.227. The van der Waals surface area contributed by atoms with Crippen molar-refractivity contribution in [1.82, 2.24) is 9.58 Å². The Morgan fingerprint density at radius 1 is 0.850 bits per heavy atom. The number of benzene rings is 3. The number of ether oxygens (including phenoxy) is 1. The molecule has 0 aliphatic carbocycles. The largest absolute Gasteiger partial charge is 0.482 e. The summed E-state index contributed by atoms with van der Waals surface area (Å²) in [4.78, 5) is 28.7. The standard InChI is InChI=1S/C34H33N3O3/c1-3-5-16-27-17-12-13-20-29(27)31(28-18-10-7-11-19-28)37-25-35(22-4-2)34(39)32-33(30(38)21-23-36(32)37)40-24-26-14-8-6-9-15-26/h3-4,6-15,17-21,23,31H,1-2,5,16,22,24-25H2. The van der Waals surface area contributed by atoms with Crippen molar-refractivity contribution in [3.8, 4) is 5.75 Å². The third kappa shape index (κ3) is 5.47. The summed E-state index contributed by atoms with van der Waals surface area (Å²) < 4.78 is 7.89. The third-order valence-electron chi connectivity index (χ3n) is 7.07. The molecule has 0 spiro atoms. The summed E-state index contributed by atoms with van der Waals surface area (Å²) in [6.45, 7) is 8.59. The first kappa shape index (κ1) is 26.8. The molecule has 1 aromatic heterocycles. The maximum absolute atomic E-state index is 13.8. The van der Waals surface area contributed by atoms with Crippen LogP contribution in [0.2, 0.25) is 0 Å². The summed E-state index contributed by atoms with van der Waals surface area (Å²) in [5.74, 6) is -0.231. The van der Waals surface area contributed by atoms with Crippen LogP contribution in [0.3, 0.4) is 0 Å². The number of nitrogens with zero attached hydrogens (tertiary/aromatic N) is 3. The van der Waals surface area contributed by atoms with Crippen LogP contribution in [-0.4, -0.2) is 28.7 Å². The number of hydrogen-bond donors (Lipinski definition) is 0. The number of carbonyl (C=O) groups excluding carboxylic acids is 1. The zero-order valence-electron chi connectivity index (χ0n) is 22.5. The van der Waals surface area contributed by atoms with Gasteiger partial charge >= 0.3 is 0 Å². The fourth-order valence-corrected chi connectivity index (χ4v) is 5.18. The first-order valence-electron chi connectivity index (χ1n) is 13.5. The van der Waals surface area contributed by atoms with Gasteiger partial charge in [0.05, 0.1) is 6.04 Å². The molecule has 6 nitrogen and oxygen atoms in total. The van der Waals surface area contributed by atoms with Crippen LogP contribution >= 0.6 is 0 Å². The Balaban J connectivity index is 1.68. The van der Waals surface area contributed by atoms with E-state index in [0.29, 0.717) is 13.2 Å². The normalized spacial score (nSPS) is 13.4. The molecule has 0 saturated heterocycles. The molecule has 4 aromatic rings. The number of carbonyl (C=O) groups is 1. The molecule has 1 aliphatic rings. The molecule has 0 saturated carbocycles. The van der Waals surface area contributed by atoms with Gasteiger partial charge in [-0.3, -0.25) is 19.3 Å². The van der Waals surface area contributed by atoms with Gasteiger partial charge in [0.2, 0.25) is 5.43 Å². The highest BCUT2D eigenvalue weighted by Gasteiger charge is 2.37. The molecule has 2 heterocycles. The number of hydrogen-bond acceptors (Lipinski definition) is 4. The molecule has 1 unspecified atom stereocenters. The van der Waals surface area contributed by atoms with E-state index >= 15 is 0 Å². The lowest BCUT2D eigenvalue weighted by Gasteiger charge is -2.44. The lowest BCUT2D eigenvalue weighted by Crippen LogP contribution is -2.55. The Labute approximate surface area is 235 Å². The highest BCUT2D eigenvalue weighted by molar-refractivity contribution is 5.96. The number of pyridine rings is 1. The van der Waals surface area contributed by atoms with Crippen molar-refractivity contribution < 1.29 is 9.53 Å². The predicted octanol–water partition coefficient (Wildman–Crippen LogP) is 5.87. The van der Waals surface area contributed by atoms with E-state index in [1.165, 1.54) is 11.6 Å². The number of rotatable bonds is 11. The van der Waals surface area contributed by atoms with Gasteiger partial charge < -0.3 is 9.64 Å². The van der Waals surface area contributed by atoms with Crippen molar-refractivity contribution in [3.63, 3.8) is 0 Å². The van der Waals surface area contributed by atoms with Crippen LogP contribution < -0.4 is 15.2 Å². The predicted molar refractivity (Wildman–Crippen MR) is 159 cm³/mol. The minimum Gasteiger partial charge on any atom is -0.482 e. The van der Waals surface area contributed by atoms with Crippen molar-refractivity contribution in [2.24, 2.45) is 0 Å². The SMILES string of the molecule is C=CCCc1ccccc1C(c1ccccc1)N1CN(CC=C)C(=O)c2c(OCc3ccccc3)c(=O)ccn21. The Morgan fingerprint density at radius 2 is 1.55 bits per heavy atom. The lowest BCUT2D eigenvalue weighted by molar-refractivity contribution is 0.0698. The second kappa shape index (κ2) is 12.3. The molecule has 0 N–H and O–H groups in total. The van der Waals surface area contributed by atoms with E-state index in [0.717, 1.165) is 29.5 Å². The zero-order chi connectivity index (χ0) is 27.9. The van der Waals surface area contributed by atoms with Crippen LogP contribution in [-0.2, 0) is 13.0 Å². The van der Waals surface area contributed by atoms with Crippen molar-refractivity contribution >= 4 is 5.91 Å². The average molecular weight is 532 g/mol. The van der Waals surface area contributed by atoms with Crippen molar-refractivity contribution in [1.29, 1.82) is 0 Å². The second-order valence-corrected chi connectivity index (χ2v) is 9.71. The van der Waals surface area contributed by atoms with E-state index in [1.807, 2.05) is 66.7 Å². The first-order chi connectivity index (χ1) is 19.6. The van der Waals surface area contributed by atoms with Crippen LogP contribution in [0, 0.1) is 0 Å². The van der Waals surface area contributed by atoms with Crippen LogP contribution in [0.4, 0.5) is 0 Å². The Bertz CT molecular complexity index is 1550. The Hall–Kier alpha value is -4.84. The van der Waals surface area contributed by atoms with Gasteiger partial charge in [-0.1, -0.05) is 97.1 Å². The molecule has 0 radical (unpaired) electrons. The van der Waals surface area contributed by atoms with Crippen LogP contribution in [0.1, 0.15) is 45.2 Å². The van der Waals surface area contributed by atoms with Crippen LogP contribution in [0.5, 0.6) is 5.75 Å². The van der Waals surface area contributed by atoms with E-state index in [-0.39, 0.29) is 35.4 Å². The highest BCUT2D eigenvalue weighted by Crippen LogP contribution is 2.34. The molecule has 5 rings (SSSR count). The molecule has 3 aromatic carbocycles. The maximum atomic E-state index is 13.8.